The van der Waals surface area contributed by atoms with E-state index in [4.69, 9.17) is 0 Å². The molecule has 0 unspecified atom stereocenters. The number of amides is 2. The minimum absolute atomic E-state index is 0.200. The lowest BCUT2D eigenvalue weighted by molar-refractivity contribution is -0.141. The molecule has 0 saturated carbocycles. The first-order chi connectivity index (χ1) is 16.1. The molecule has 1 N–H and O–H groups in total. The second-order valence-corrected chi connectivity index (χ2v) is 12.1. The van der Waals surface area contributed by atoms with Gasteiger partial charge in [0.15, 0.2) is 0 Å². The van der Waals surface area contributed by atoms with Gasteiger partial charge in [-0.05, 0) is 70.7 Å². The number of carbonyl (C=O) groups is 2. The van der Waals surface area contributed by atoms with Gasteiger partial charge in [-0.25, -0.2) is 8.42 Å². The molecule has 0 aliphatic carbocycles. The molecule has 0 saturated heterocycles. The second-order valence-electron chi connectivity index (χ2n) is 10.2. The first-order valence-corrected chi connectivity index (χ1v) is 13.7. The Kier molecular flexibility index (Phi) is 9.11. The topological polar surface area (TPSA) is 86.8 Å². The normalized spacial score (nSPS) is 12.7. The highest BCUT2D eigenvalue weighted by Gasteiger charge is 2.33. The van der Waals surface area contributed by atoms with Gasteiger partial charge in [0.25, 0.3) is 0 Å². The average molecular weight is 502 g/mol. The molecule has 7 nitrogen and oxygen atoms in total. The van der Waals surface area contributed by atoms with Crippen molar-refractivity contribution in [2.75, 3.05) is 17.1 Å². The van der Waals surface area contributed by atoms with Crippen molar-refractivity contribution < 1.29 is 18.0 Å². The van der Waals surface area contributed by atoms with Crippen molar-refractivity contribution in [3.05, 3.63) is 64.7 Å². The van der Waals surface area contributed by atoms with Crippen LogP contribution in [0.2, 0.25) is 0 Å². The fourth-order valence-corrected chi connectivity index (χ4v) is 4.93. The van der Waals surface area contributed by atoms with Gasteiger partial charge in [-0.3, -0.25) is 13.9 Å². The van der Waals surface area contributed by atoms with Gasteiger partial charge in [0, 0.05) is 12.1 Å². The number of benzene rings is 2. The van der Waals surface area contributed by atoms with Crippen molar-refractivity contribution in [1.82, 2.24) is 10.2 Å². The zero-order valence-corrected chi connectivity index (χ0v) is 23.0. The summed E-state index contributed by atoms with van der Waals surface area (Å²) < 4.78 is 26.7. The van der Waals surface area contributed by atoms with Crippen molar-refractivity contribution in [3.8, 4) is 0 Å². The number of rotatable bonds is 9. The van der Waals surface area contributed by atoms with Crippen LogP contribution >= 0.6 is 0 Å². The molecule has 0 bridgehead atoms. The highest BCUT2D eigenvalue weighted by atomic mass is 32.2. The zero-order chi connectivity index (χ0) is 26.6. The number of aryl methyl sites for hydroxylation is 3. The number of hydrogen-bond donors (Lipinski definition) is 1. The van der Waals surface area contributed by atoms with E-state index in [-0.39, 0.29) is 12.5 Å². The number of hydrogen-bond acceptors (Lipinski definition) is 4. The van der Waals surface area contributed by atoms with Crippen LogP contribution in [0.5, 0.6) is 0 Å². The van der Waals surface area contributed by atoms with E-state index in [9.17, 15) is 18.0 Å². The fraction of sp³-hybridized carbons (Fsp3) is 0.481. The second kappa shape index (κ2) is 11.2. The van der Waals surface area contributed by atoms with E-state index >= 15 is 0 Å². The van der Waals surface area contributed by atoms with E-state index in [1.165, 1.54) is 4.90 Å². The molecule has 8 heteroatoms. The van der Waals surface area contributed by atoms with Crippen LogP contribution in [-0.2, 0) is 26.2 Å². The number of nitrogens with zero attached hydrogens (tertiary/aromatic N) is 2. The number of carbonyl (C=O) groups excluding carboxylic acids is 2. The third kappa shape index (κ3) is 7.82. The van der Waals surface area contributed by atoms with Gasteiger partial charge in [-0.15, -0.1) is 0 Å². The number of sulfonamides is 1. The maximum absolute atomic E-state index is 13.8. The van der Waals surface area contributed by atoms with Crippen molar-refractivity contribution in [2.24, 2.45) is 0 Å². The molecule has 0 aromatic heterocycles. The summed E-state index contributed by atoms with van der Waals surface area (Å²) in [7, 11) is -3.76. The Morgan fingerprint density at radius 3 is 2.14 bits per heavy atom. The minimum atomic E-state index is -3.76. The summed E-state index contributed by atoms with van der Waals surface area (Å²) >= 11 is 0. The third-order valence-corrected chi connectivity index (χ3v) is 6.91. The molecule has 0 heterocycles. The molecule has 2 aromatic rings. The molecule has 0 fully saturated rings. The molecule has 0 spiro atoms. The largest absolute Gasteiger partial charge is 0.350 e. The maximum Gasteiger partial charge on any atom is 0.244 e. The summed E-state index contributed by atoms with van der Waals surface area (Å²) in [5.41, 5.74) is 3.63. The predicted octanol–water partition coefficient (Wildman–Crippen LogP) is 4.10. The van der Waals surface area contributed by atoms with Gasteiger partial charge in [-0.2, -0.15) is 0 Å². The van der Waals surface area contributed by atoms with Gasteiger partial charge >= 0.3 is 0 Å². The summed E-state index contributed by atoms with van der Waals surface area (Å²) in [6.07, 6.45) is 1.48. The maximum atomic E-state index is 13.8. The Bertz CT molecular complexity index is 1170. The van der Waals surface area contributed by atoms with Crippen molar-refractivity contribution >= 4 is 27.5 Å². The van der Waals surface area contributed by atoms with Gasteiger partial charge in [0.1, 0.15) is 12.6 Å². The highest BCUT2D eigenvalue weighted by molar-refractivity contribution is 7.92. The van der Waals surface area contributed by atoms with Crippen LogP contribution in [0.15, 0.2) is 42.5 Å². The Balaban J connectivity index is 2.51. The van der Waals surface area contributed by atoms with Gasteiger partial charge in [0.2, 0.25) is 21.8 Å². The molecule has 35 heavy (non-hydrogen) atoms. The van der Waals surface area contributed by atoms with Crippen molar-refractivity contribution in [1.29, 1.82) is 0 Å². The first-order valence-electron chi connectivity index (χ1n) is 11.8. The van der Waals surface area contributed by atoms with Gasteiger partial charge < -0.3 is 10.2 Å². The van der Waals surface area contributed by atoms with Crippen molar-refractivity contribution in [3.63, 3.8) is 0 Å². The average Bonchev–Trinajstić information content (AvgIpc) is 2.71. The van der Waals surface area contributed by atoms with E-state index in [2.05, 4.69) is 5.32 Å². The summed E-state index contributed by atoms with van der Waals surface area (Å²) in [5, 5.41) is 2.97. The van der Waals surface area contributed by atoms with E-state index in [0.717, 1.165) is 32.8 Å². The Labute approximate surface area is 210 Å². The Hall–Kier alpha value is -2.87. The van der Waals surface area contributed by atoms with E-state index in [1.54, 1.807) is 6.07 Å². The lowest BCUT2D eigenvalue weighted by Gasteiger charge is -2.35. The summed E-state index contributed by atoms with van der Waals surface area (Å²) in [5.74, 6) is -0.700. The molecule has 2 aromatic carbocycles. The Morgan fingerprint density at radius 2 is 1.63 bits per heavy atom. The smallest absolute Gasteiger partial charge is 0.244 e. The standard InChI is InChI=1S/C27H39N3O4S/c1-9-23(26(32)28-27(5,6)7)29(17-22-13-11-10-12-20(22)3)25(31)18-30(35(8,33)34)24-15-14-19(2)16-21(24)4/h10-16,23H,9,17-18H2,1-8H3,(H,28,32)/t23-/m1/s1. The molecule has 0 radical (unpaired) electrons. The van der Waals surface area contributed by atoms with Crippen molar-refractivity contribution in [2.45, 2.75) is 73.0 Å². The molecule has 0 aliphatic rings. The quantitative estimate of drug-likeness (QED) is 0.560. The van der Waals surface area contributed by atoms with E-state index in [0.29, 0.717) is 12.1 Å². The zero-order valence-electron chi connectivity index (χ0n) is 22.2. The molecule has 2 rings (SSSR count). The molecule has 2 amide bonds. The van der Waals surface area contributed by atoms with Crippen LogP contribution < -0.4 is 9.62 Å². The van der Waals surface area contributed by atoms with E-state index in [1.807, 2.05) is 84.9 Å². The van der Waals surface area contributed by atoms with Gasteiger partial charge in [0.05, 0.1) is 11.9 Å². The molecular weight excluding hydrogens is 462 g/mol. The first kappa shape index (κ1) is 28.4. The van der Waals surface area contributed by atoms with Gasteiger partial charge in [-0.1, -0.05) is 48.9 Å². The highest BCUT2D eigenvalue weighted by Crippen LogP contribution is 2.25. The van der Waals surface area contributed by atoms with Crippen LogP contribution in [-0.4, -0.2) is 49.5 Å². The van der Waals surface area contributed by atoms with E-state index < -0.39 is 34.1 Å². The lowest BCUT2D eigenvalue weighted by Crippen LogP contribution is -2.55. The summed E-state index contributed by atoms with van der Waals surface area (Å²) in [6, 6.07) is 12.3. The van der Waals surface area contributed by atoms with Crippen LogP contribution in [0.4, 0.5) is 5.69 Å². The Morgan fingerprint density at radius 1 is 1.00 bits per heavy atom. The predicted molar refractivity (Wildman–Crippen MR) is 142 cm³/mol. The SMILES string of the molecule is CC[C@H](C(=O)NC(C)(C)C)N(Cc1ccccc1C)C(=O)CN(c1ccc(C)cc1C)S(C)(=O)=O. The molecule has 192 valence electrons. The van der Waals surface area contributed by atoms with Crippen LogP contribution in [0.3, 0.4) is 0 Å². The molecular formula is C27H39N3O4S. The monoisotopic (exact) mass is 501 g/mol. The lowest BCUT2D eigenvalue weighted by atomic mass is 10.0. The minimum Gasteiger partial charge on any atom is -0.350 e. The van der Waals surface area contributed by atoms with Crippen LogP contribution in [0, 0.1) is 20.8 Å². The fourth-order valence-electron chi connectivity index (χ4n) is 4.02. The number of nitrogens with one attached hydrogen (secondary N) is 1. The summed E-state index contributed by atoms with van der Waals surface area (Å²) in [4.78, 5) is 28.5. The molecule has 1 atom stereocenters. The van der Waals surface area contributed by atoms with Crippen LogP contribution in [0.1, 0.15) is 56.4 Å². The summed E-state index contributed by atoms with van der Waals surface area (Å²) in [6.45, 7) is 13.0. The molecule has 0 aliphatic heterocycles. The number of anilines is 1. The van der Waals surface area contributed by atoms with Crippen LogP contribution in [0.25, 0.3) is 0 Å². The third-order valence-electron chi connectivity index (χ3n) is 5.79.